The number of rotatable bonds is 3. The molecule has 2 aromatic heterocycles. The van der Waals surface area contributed by atoms with Gasteiger partial charge in [-0.3, -0.25) is 19.3 Å². The number of pyridine rings is 1. The van der Waals surface area contributed by atoms with Gasteiger partial charge in [0.1, 0.15) is 0 Å². The predicted molar refractivity (Wildman–Crippen MR) is 96.1 cm³/mol. The van der Waals surface area contributed by atoms with Crippen LogP contribution in [0.1, 0.15) is 50.6 Å². The van der Waals surface area contributed by atoms with E-state index in [1.165, 1.54) is 6.20 Å². The average Bonchev–Trinajstić information content (AvgIpc) is 2.91. The molecule has 0 radical (unpaired) electrons. The number of hydrogen-bond acceptors (Lipinski definition) is 4. The van der Waals surface area contributed by atoms with Gasteiger partial charge in [-0.25, -0.2) is 0 Å². The van der Waals surface area contributed by atoms with Crippen molar-refractivity contribution >= 4 is 17.5 Å². The Morgan fingerprint density at radius 3 is 2.44 bits per heavy atom. The van der Waals surface area contributed by atoms with E-state index in [-0.39, 0.29) is 11.6 Å². The Balaban J connectivity index is 2.06. The third-order valence-corrected chi connectivity index (χ3v) is 3.93. The largest absolute Gasteiger partial charge is 0.341 e. The summed E-state index contributed by atoms with van der Waals surface area (Å²) in [5, 5.41) is 9.78. The monoisotopic (exact) mass is 343 g/mol. The average molecular weight is 343 g/mol. The molecule has 0 fully saturated rings. The van der Waals surface area contributed by atoms with Crippen LogP contribution in [0.4, 0.5) is 5.69 Å². The van der Waals surface area contributed by atoms with Gasteiger partial charge in [0.15, 0.2) is 0 Å². The predicted octanol–water partition coefficient (Wildman–Crippen LogP) is 2.47. The summed E-state index contributed by atoms with van der Waals surface area (Å²) < 4.78 is 1.86. The molecule has 0 aliphatic carbocycles. The molecular formula is C18H25N5O2. The third-order valence-electron chi connectivity index (χ3n) is 3.93. The quantitative estimate of drug-likeness (QED) is 0.838. The van der Waals surface area contributed by atoms with Crippen molar-refractivity contribution in [1.29, 1.82) is 0 Å². The molecule has 7 heteroatoms. The van der Waals surface area contributed by atoms with Crippen molar-refractivity contribution in [2.45, 2.75) is 53.1 Å². The Morgan fingerprint density at radius 2 is 1.88 bits per heavy atom. The van der Waals surface area contributed by atoms with Crippen molar-refractivity contribution in [2.75, 3.05) is 5.32 Å². The van der Waals surface area contributed by atoms with Crippen molar-refractivity contribution in [3.63, 3.8) is 0 Å². The van der Waals surface area contributed by atoms with Gasteiger partial charge in [0, 0.05) is 18.0 Å². The van der Waals surface area contributed by atoms with E-state index in [1.54, 1.807) is 12.3 Å². The minimum atomic E-state index is -0.719. The minimum absolute atomic E-state index is 0.151. The summed E-state index contributed by atoms with van der Waals surface area (Å²) in [5.41, 5.74) is 2.92. The first-order chi connectivity index (χ1) is 11.6. The molecule has 2 amide bonds. The van der Waals surface area contributed by atoms with Crippen LogP contribution in [0.3, 0.4) is 0 Å². The number of aromatic nitrogens is 3. The molecule has 1 atom stereocenters. The number of aryl methyl sites for hydroxylation is 2. The van der Waals surface area contributed by atoms with E-state index in [4.69, 9.17) is 0 Å². The van der Waals surface area contributed by atoms with E-state index in [2.05, 4.69) is 41.5 Å². The summed E-state index contributed by atoms with van der Waals surface area (Å²) in [6, 6.07) is 1.43. The molecule has 2 aromatic rings. The minimum Gasteiger partial charge on any atom is -0.341 e. The third kappa shape index (κ3) is 4.43. The SMILES string of the molecule is Cc1ccncc1NC(=O)C(=O)N[C@H](C)c1cn(C(C)(C)C)nc1C. The normalized spacial score (nSPS) is 12.6. The number of anilines is 1. The van der Waals surface area contributed by atoms with Crippen LogP contribution in [0.5, 0.6) is 0 Å². The molecule has 0 spiro atoms. The molecule has 2 heterocycles. The highest BCUT2D eigenvalue weighted by atomic mass is 16.2. The lowest BCUT2D eigenvalue weighted by Gasteiger charge is -2.19. The fourth-order valence-corrected chi connectivity index (χ4v) is 2.36. The Morgan fingerprint density at radius 1 is 1.20 bits per heavy atom. The van der Waals surface area contributed by atoms with Crippen LogP contribution < -0.4 is 10.6 Å². The maximum atomic E-state index is 12.2. The second-order valence-corrected chi connectivity index (χ2v) is 7.13. The van der Waals surface area contributed by atoms with Crippen LogP contribution in [-0.4, -0.2) is 26.6 Å². The molecule has 0 saturated heterocycles. The Hall–Kier alpha value is -2.70. The van der Waals surface area contributed by atoms with Crippen LogP contribution in [0, 0.1) is 13.8 Å². The number of nitrogens with zero attached hydrogens (tertiary/aromatic N) is 3. The molecule has 0 bridgehead atoms. The second kappa shape index (κ2) is 7.04. The first-order valence-electron chi connectivity index (χ1n) is 8.18. The van der Waals surface area contributed by atoms with Gasteiger partial charge in [0.05, 0.1) is 29.2 Å². The van der Waals surface area contributed by atoms with E-state index in [0.29, 0.717) is 5.69 Å². The summed E-state index contributed by atoms with van der Waals surface area (Å²) in [4.78, 5) is 28.2. The lowest BCUT2D eigenvalue weighted by atomic mass is 10.1. The highest BCUT2D eigenvalue weighted by Gasteiger charge is 2.22. The zero-order valence-electron chi connectivity index (χ0n) is 15.5. The highest BCUT2D eigenvalue weighted by molar-refractivity contribution is 6.39. The van der Waals surface area contributed by atoms with Crippen molar-refractivity contribution in [3.8, 4) is 0 Å². The molecule has 7 nitrogen and oxygen atoms in total. The topological polar surface area (TPSA) is 88.9 Å². The van der Waals surface area contributed by atoms with Crippen LogP contribution in [0.25, 0.3) is 0 Å². The van der Waals surface area contributed by atoms with Crippen LogP contribution in [-0.2, 0) is 15.1 Å². The number of carbonyl (C=O) groups is 2. The van der Waals surface area contributed by atoms with Gasteiger partial charge >= 0.3 is 11.8 Å². The van der Waals surface area contributed by atoms with Crippen molar-refractivity contribution < 1.29 is 9.59 Å². The zero-order chi connectivity index (χ0) is 18.8. The second-order valence-electron chi connectivity index (χ2n) is 7.13. The molecule has 134 valence electrons. The van der Waals surface area contributed by atoms with Gasteiger partial charge in [0.25, 0.3) is 0 Å². The van der Waals surface area contributed by atoms with E-state index in [9.17, 15) is 9.59 Å². The Labute approximate surface area is 147 Å². The van der Waals surface area contributed by atoms with E-state index in [0.717, 1.165) is 16.8 Å². The zero-order valence-corrected chi connectivity index (χ0v) is 15.5. The fourth-order valence-electron chi connectivity index (χ4n) is 2.36. The lowest BCUT2D eigenvalue weighted by molar-refractivity contribution is -0.136. The molecule has 25 heavy (non-hydrogen) atoms. The van der Waals surface area contributed by atoms with Crippen molar-refractivity contribution in [2.24, 2.45) is 0 Å². The number of carbonyl (C=O) groups excluding carboxylic acids is 2. The van der Waals surface area contributed by atoms with E-state index in [1.807, 2.05) is 31.6 Å². The Bertz CT molecular complexity index is 789. The molecule has 0 saturated carbocycles. The number of amides is 2. The van der Waals surface area contributed by atoms with Gasteiger partial charge in [0.2, 0.25) is 0 Å². The van der Waals surface area contributed by atoms with Gasteiger partial charge in [-0.2, -0.15) is 5.10 Å². The van der Waals surface area contributed by atoms with Crippen molar-refractivity contribution in [3.05, 3.63) is 41.5 Å². The smallest absolute Gasteiger partial charge is 0.313 e. The standard InChI is InChI=1S/C18H25N5O2/c1-11-7-8-19-9-15(11)21-17(25)16(24)20-12(2)14-10-23(18(4,5)6)22-13(14)3/h7-10,12H,1-6H3,(H,20,24)(H,21,25)/t12-/m1/s1. The van der Waals surface area contributed by atoms with Crippen molar-refractivity contribution in [1.82, 2.24) is 20.1 Å². The van der Waals surface area contributed by atoms with Crippen LogP contribution in [0.2, 0.25) is 0 Å². The van der Waals surface area contributed by atoms with E-state index >= 15 is 0 Å². The first-order valence-corrected chi connectivity index (χ1v) is 8.18. The van der Waals surface area contributed by atoms with Crippen LogP contribution >= 0.6 is 0 Å². The summed E-state index contributed by atoms with van der Waals surface area (Å²) >= 11 is 0. The van der Waals surface area contributed by atoms with Gasteiger partial charge in [-0.1, -0.05) is 0 Å². The summed E-state index contributed by atoms with van der Waals surface area (Å²) in [5.74, 6) is -1.41. The summed E-state index contributed by atoms with van der Waals surface area (Å²) in [6.45, 7) is 11.7. The number of nitrogens with one attached hydrogen (secondary N) is 2. The fraction of sp³-hybridized carbons (Fsp3) is 0.444. The van der Waals surface area contributed by atoms with E-state index < -0.39 is 11.8 Å². The first kappa shape index (κ1) is 18.6. The lowest BCUT2D eigenvalue weighted by Crippen LogP contribution is -2.37. The maximum Gasteiger partial charge on any atom is 0.313 e. The molecule has 0 aliphatic heterocycles. The highest BCUT2D eigenvalue weighted by Crippen LogP contribution is 2.21. The summed E-state index contributed by atoms with van der Waals surface area (Å²) in [6.07, 6.45) is 5.05. The molecule has 2 N–H and O–H groups in total. The maximum absolute atomic E-state index is 12.2. The molecule has 0 aromatic carbocycles. The van der Waals surface area contributed by atoms with Gasteiger partial charge < -0.3 is 10.6 Å². The molecule has 2 rings (SSSR count). The molecular weight excluding hydrogens is 318 g/mol. The van der Waals surface area contributed by atoms with Gasteiger partial charge in [-0.05, 0) is 53.2 Å². The Kier molecular flexibility index (Phi) is 5.25. The van der Waals surface area contributed by atoms with Crippen LogP contribution in [0.15, 0.2) is 24.7 Å². The summed E-state index contributed by atoms with van der Waals surface area (Å²) in [7, 11) is 0. The number of hydrogen-bond donors (Lipinski definition) is 2. The molecule has 0 aliphatic rings. The molecule has 0 unspecified atom stereocenters. The van der Waals surface area contributed by atoms with Gasteiger partial charge in [-0.15, -0.1) is 0 Å².